The molecule has 0 aliphatic carbocycles. The van der Waals surface area contributed by atoms with Gasteiger partial charge in [0, 0.05) is 31.0 Å². The molecule has 1 aromatic carbocycles. The van der Waals surface area contributed by atoms with Gasteiger partial charge >= 0.3 is 0 Å². The lowest BCUT2D eigenvalue weighted by atomic mass is 10.1. The third-order valence-corrected chi connectivity index (χ3v) is 5.68. The number of ether oxygens (including phenoxy) is 2. The highest BCUT2D eigenvalue weighted by molar-refractivity contribution is 7.09. The second kappa shape index (κ2) is 9.33. The van der Waals surface area contributed by atoms with Crippen LogP contribution in [0.1, 0.15) is 44.5 Å². The molecule has 1 aliphatic heterocycles. The molecule has 0 saturated heterocycles. The van der Waals surface area contributed by atoms with E-state index in [1.54, 1.807) is 18.4 Å². The number of benzene rings is 1. The van der Waals surface area contributed by atoms with Crippen molar-refractivity contribution in [1.82, 2.24) is 4.98 Å². The highest BCUT2D eigenvalue weighted by Gasteiger charge is 2.31. The van der Waals surface area contributed by atoms with Crippen LogP contribution in [0.4, 0.5) is 5.69 Å². The molecule has 2 heterocycles. The molecule has 1 unspecified atom stereocenters. The number of carbonyl (C=O) groups is 1. The molecule has 6 heteroatoms. The van der Waals surface area contributed by atoms with Gasteiger partial charge in [0.05, 0.1) is 23.0 Å². The van der Waals surface area contributed by atoms with Crippen LogP contribution in [0.3, 0.4) is 0 Å². The zero-order chi connectivity index (χ0) is 19.2. The predicted molar refractivity (Wildman–Crippen MR) is 110 cm³/mol. The van der Waals surface area contributed by atoms with Crippen molar-refractivity contribution in [1.29, 1.82) is 0 Å². The first kappa shape index (κ1) is 19.8. The molecular weight excluding hydrogens is 360 g/mol. The summed E-state index contributed by atoms with van der Waals surface area (Å²) in [6.45, 7) is 5.42. The van der Waals surface area contributed by atoms with Crippen LogP contribution in [0.2, 0.25) is 0 Å². The maximum absolute atomic E-state index is 12.7. The molecule has 3 rings (SSSR count). The van der Waals surface area contributed by atoms with Crippen molar-refractivity contribution < 1.29 is 14.3 Å². The minimum atomic E-state index is -0.436. The monoisotopic (exact) mass is 388 g/mol. The van der Waals surface area contributed by atoms with Gasteiger partial charge in [-0.15, -0.1) is 11.3 Å². The Balaban J connectivity index is 1.83. The predicted octanol–water partition coefficient (Wildman–Crippen LogP) is 4.69. The molecule has 0 spiro atoms. The Bertz CT molecular complexity index is 775. The normalized spacial score (nSPS) is 16.3. The average Bonchev–Trinajstić information content (AvgIpc) is 3.15. The van der Waals surface area contributed by atoms with E-state index < -0.39 is 6.10 Å². The second-order valence-electron chi connectivity index (χ2n) is 6.86. The quantitative estimate of drug-likeness (QED) is 0.585. The topological polar surface area (TPSA) is 51.7 Å². The van der Waals surface area contributed by atoms with Crippen molar-refractivity contribution in [2.24, 2.45) is 0 Å². The number of anilines is 1. The Labute approximate surface area is 165 Å². The molecule has 0 bridgehead atoms. The van der Waals surface area contributed by atoms with Crippen LogP contribution < -0.4 is 9.64 Å². The average molecular weight is 389 g/mol. The number of hydrogen-bond acceptors (Lipinski definition) is 5. The van der Waals surface area contributed by atoms with Crippen molar-refractivity contribution in [2.45, 2.75) is 52.1 Å². The molecule has 27 heavy (non-hydrogen) atoms. The van der Waals surface area contributed by atoms with Crippen LogP contribution in [0, 0.1) is 0 Å². The third kappa shape index (κ3) is 4.68. The number of hydrogen-bond donors (Lipinski definition) is 0. The van der Waals surface area contributed by atoms with Crippen LogP contribution in [0.5, 0.6) is 5.75 Å². The van der Waals surface area contributed by atoms with Gasteiger partial charge in [-0.1, -0.05) is 26.2 Å². The maximum Gasteiger partial charge on any atom is 0.267 e. The van der Waals surface area contributed by atoms with E-state index in [0.29, 0.717) is 6.61 Å². The molecular formula is C21H28N2O3S. The lowest BCUT2D eigenvalue weighted by Gasteiger charge is -2.33. The van der Waals surface area contributed by atoms with Gasteiger partial charge in [-0.05, 0) is 31.5 Å². The zero-order valence-electron chi connectivity index (χ0n) is 16.4. The van der Waals surface area contributed by atoms with Gasteiger partial charge in [0.25, 0.3) is 5.91 Å². The number of rotatable bonds is 9. The molecule has 1 atom stereocenters. The van der Waals surface area contributed by atoms with Crippen molar-refractivity contribution in [3.63, 3.8) is 0 Å². The number of carbonyl (C=O) groups excluding carboxylic acids is 1. The minimum absolute atomic E-state index is 0.0372. The summed E-state index contributed by atoms with van der Waals surface area (Å²) in [5, 5.41) is 3.12. The molecule has 146 valence electrons. The number of methoxy groups -OCH3 is 1. The summed E-state index contributed by atoms with van der Waals surface area (Å²) < 4.78 is 11.0. The van der Waals surface area contributed by atoms with E-state index in [9.17, 15) is 4.79 Å². The Hall–Kier alpha value is -1.92. The van der Waals surface area contributed by atoms with E-state index in [1.807, 2.05) is 30.0 Å². The molecule has 2 aromatic rings. The molecule has 1 aliphatic rings. The minimum Gasteiger partial charge on any atom is -0.479 e. The molecule has 5 nitrogen and oxygen atoms in total. The number of nitrogens with zero attached hydrogens (tertiary/aromatic N) is 2. The first-order valence-corrected chi connectivity index (χ1v) is 10.6. The smallest absolute Gasteiger partial charge is 0.267 e. The number of amides is 1. The Morgan fingerprint density at radius 2 is 2.15 bits per heavy atom. The zero-order valence-corrected chi connectivity index (χ0v) is 17.2. The van der Waals surface area contributed by atoms with Crippen LogP contribution in [-0.2, 0) is 16.0 Å². The lowest BCUT2D eigenvalue weighted by molar-refractivity contribution is -0.125. The van der Waals surface area contributed by atoms with E-state index in [4.69, 9.17) is 14.5 Å². The molecule has 0 fully saturated rings. The van der Waals surface area contributed by atoms with Crippen LogP contribution in [-0.4, -0.2) is 37.3 Å². The first-order valence-electron chi connectivity index (χ1n) is 9.69. The highest BCUT2D eigenvalue weighted by atomic mass is 32.1. The van der Waals surface area contributed by atoms with Gasteiger partial charge in [0.1, 0.15) is 5.75 Å². The fourth-order valence-corrected chi connectivity index (χ4v) is 4.03. The summed E-state index contributed by atoms with van der Waals surface area (Å²) in [4.78, 5) is 19.3. The summed E-state index contributed by atoms with van der Waals surface area (Å²) in [5.41, 5.74) is 2.81. The molecule has 1 aromatic heterocycles. The Kier molecular flexibility index (Phi) is 6.85. The SMILES string of the molecule is CCCCCCN1C(=O)C(C)Oc2ccc(-c3csc(CCOC)n3)cc21. The largest absolute Gasteiger partial charge is 0.479 e. The number of thiazole rings is 1. The van der Waals surface area contributed by atoms with Crippen molar-refractivity contribution in [2.75, 3.05) is 25.2 Å². The van der Waals surface area contributed by atoms with Crippen molar-refractivity contribution in [3.8, 4) is 17.0 Å². The molecule has 1 amide bonds. The molecule has 0 N–H and O–H groups in total. The lowest BCUT2D eigenvalue weighted by Crippen LogP contribution is -2.44. The van der Waals surface area contributed by atoms with E-state index in [0.717, 1.165) is 53.5 Å². The van der Waals surface area contributed by atoms with Crippen molar-refractivity contribution >= 4 is 22.9 Å². The maximum atomic E-state index is 12.7. The summed E-state index contributed by atoms with van der Waals surface area (Å²) in [7, 11) is 1.70. The summed E-state index contributed by atoms with van der Waals surface area (Å²) in [6.07, 6.45) is 4.91. The fraction of sp³-hybridized carbons (Fsp3) is 0.524. The van der Waals surface area contributed by atoms with E-state index in [1.165, 1.54) is 12.8 Å². The summed E-state index contributed by atoms with van der Waals surface area (Å²) >= 11 is 1.64. The second-order valence-corrected chi connectivity index (χ2v) is 7.81. The number of fused-ring (bicyclic) bond motifs is 1. The first-order chi connectivity index (χ1) is 13.1. The number of unbranched alkanes of at least 4 members (excludes halogenated alkanes) is 3. The van der Waals surface area contributed by atoms with E-state index >= 15 is 0 Å². The summed E-state index contributed by atoms with van der Waals surface area (Å²) in [5.74, 6) is 0.811. The fourth-order valence-electron chi connectivity index (χ4n) is 3.24. The van der Waals surface area contributed by atoms with Crippen molar-refractivity contribution in [3.05, 3.63) is 28.6 Å². The highest BCUT2D eigenvalue weighted by Crippen LogP contribution is 2.38. The Morgan fingerprint density at radius 1 is 1.30 bits per heavy atom. The van der Waals surface area contributed by atoms with E-state index in [-0.39, 0.29) is 5.91 Å². The van der Waals surface area contributed by atoms with Gasteiger partial charge in [-0.2, -0.15) is 0 Å². The van der Waals surface area contributed by atoms with Crippen LogP contribution in [0.15, 0.2) is 23.6 Å². The Morgan fingerprint density at radius 3 is 2.93 bits per heavy atom. The van der Waals surface area contributed by atoms with Gasteiger partial charge in [-0.25, -0.2) is 4.98 Å². The number of aromatic nitrogens is 1. The molecule has 0 radical (unpaired) electrons. The van der Waals surface area contributed by atoms with Gasteiger partial charge in [0.2, 0.25) is 0 Å². The van der Waals surface area contributed by atoms with Gasteiger partial charge < -0.3 is 14.4 Å². The van der Waals surface area contributed by atoms with Gasteiger partial charge in [-0.3, -0.25) is 4.79 Å². The summed E-state index contributed by atoms with van der Waals surface area (Å²) in [6, 6.07) is 6.01. The van der Waals surface area contributed by atoms with E-state index in [2.05, 4.69) is 12.3 Å². The standard InChI is InChI=1S/C21H28N2O3S/c1-4-5-6-7-11-23-18-13-16(8-9-19(18)26-15(2)21(23)24)17-14-27-20(22-17)10-12-25-3/h8-9,13-15H,4-7,10-12H2,1-3H3. The van der Waals surface area contributed by atoms with Gasteiger partial charge in [0.15, 0.2) is 6.10 Å². The third-order valence-electron chi connectivity index (χ3n) is 4.77. The van der Waals surface area contributed by atoms with Crippen LogP contribution in [0.25, 0.3) is 11.3 Å². The molecule has 0 saturated carbocycles. The van der Waals surface area contributed by atoms with Crippen LogP contribution >= 0.6 is 11.3 Å².